The Morgan fingerprint density at radius 2 is 1.83 bits per heavy atom. The fourth-order valence-electron chi connectivity index (χ4n) is 1.90. The predicted molar refractivity (Wildman–Crippen MR) is 86.3 cm³/mol. The summed E-state index contributed by atoms with van der Waals surface area (Å²) < 4.78 is 18.2. The summed E-state index contributed by atoms with van der Waals surface area (Å²) in [7, 11) is 0. The maximum absolute atomic E-state index is 13.1. The van der Waals surface area contributed by atoms with Gasteiger partial charge in [0.05, 0.1) is 5.02 Å². The summed E-state index contributed by atoms with van der Waals surface area (Å²) in [5.74, 6) is -0.614. The van der Waals surface area contributed by atoms with Crippen molar-refractivity contribution in [3.63, 3.8) is 0 Å². The van der Waals surface area contributed by atoms with Gasteiger partial charge in [-0.1, -0.05) is 28.4 Å². The molecule has 1 heterocycles. The Labute approximate surface area is 140 Å². The average molecular weight is 351 g/mol. The van der Waals surface area contributed by atoms with E-state index < -0.39 is 11.7 Å². The Balaban J connectivity index is 1.78. The second-order valence-corrected chi connectivity index (χ2v) is 5.51. The number of carbonyl (C=O) groups excluding carboxylic acids is 1. The van der Waals surface area contributed by atoms with E-state index in [1.54, 1.807) is 24.3 Å². The van der Waals surface area contributed by atoms with E-state index in [-0.39, 0.29) is 10.7 Å². The third-order valence-corrected chi connectivity index (χ3v) is 3.59. The molecule has 0 saturated carbocycles. The van der Waals surface area contributed by atoms with Crippen LogP contribution in [0.1, 0.15) is 10.5 Å². The normalized spacial score (nSPS) is 10.6. The first kappa shape index (κ1) is 15.5. The van der Waals surface area contributed by atoms with Crippen LogP contribution in [-0.2, 0) is 0 Å². The fraction of sp³-hybridized carbons (Fsp3) is 0. The van der Waals surface area contributed by atoms with Crippen LogP contribution in [0.2, 0.25) is 10.0 Å². The molecule has 116 valence electrons. The molecular formula is C16H9Cl2FN2O2. The monoisotopic (exact) mass is 350 g/mol. The molecule has 1 amide bonds. The van der Waals surface area contributed by atoms with Crippen LogP contribution in [0.4, 0.5) is 10.1 Å². The lowest BCUT2D eigenvalue weighted by molar-refractivity contribution is 0.101. The van der Waals surface area contributed by atoms with Crippen LogP contribution in [0.25, 0.3) is 11.3 Å². The number of nitrogens with zero attached hydrogens (tertiary/aromatic N) is 1. The maximum atomic E-state index is 13.1. The van der Waals surface area contributed by atoms with Crippen molar-refractivity contribution >= 4 is 34.8 Å². The van der Waals surface area contributed by atoms with Crippen LogP contribution >= 0.6 is 23.2 Å². The fourth-order valence-corrected chi connectivity index (χ4v) is 2.21. The Bertz CT molecular complexity index is 863. The standard InChI is InChI=1S/C16H9Cl2FN2O2/c17-10-3-1-9(2-4-10)15-8-14(21-23-15)16(22)20-11-5-6-13(19)12(18)7-11/h1-8H,(H,20,22). The zero-order valence-electron chi connectivity index (χ0n) is 11.5. The van der Waals surface area contributed by atoms with Gasteiger partial charge in [-0.3, -0.25) is 4.79 Å². The zero-order valence-corrected chi connectivity index (χ0v) is 13.0. The van der Waals surface area contributed by atoms with E-state index in [9.17, 15) is 9.18 Å². The molecule has 0 aliphatic heterocycles. The highest BCUT2D eigenvalue weighted by molar-refractivity contribution is 6.31. The number of anilines is 1. The van der Waals surface area contributed by atoms with E-state index in [4.69, 9.17) is 27.7 Å². The van der Waals surface area contributed by atoms with Gasteiger partial charge in [-0.15, -0.1) is 0 Å². The van der Waals surface area contributed by atoms with Crippen LogP contribution < -0.4 is 5.32 Å². The number of carbonyl (C=O) groups is 1. The van der Waals surface area contributed by atoms with Gasteiger partial charge in [-0.25, -0.2) is 4.39 Å². The van der Waals surface area contributed by atoms with Crippen LogP contribution in [0, 0.1) is 5.82 Å². The quantitative estimate of drug-likeness (QED) is 0.719. The van der Waals surface area contributed by atoms with Crippen molar-refractivity contribution in [2.75, 3.05) is 5.32 Å². The molecule has 1 aromatic heterocycles. The molecule has 0 atom stereocenters. The summed E-state index contributed by atoms with van der Waals surface area (Å²) in [6, 6.07) is 12.3. The number of aromatic nitrogens is 1. The van der Waals surface area contributed by atoms with E-state index in [2.05, 4.69) is 10.5 Å². The minimum Gasteiger partial charge on any atom is -0.355 e. The topological polar surface area (TPSA) is 55.1 Å². The lowest BCUT2D eigenvalue weighted by Gasteiger charge is -2.03. The molecule has 4 nitrogen and oxygen atoms in total. The lowest BCUT2D eigenvalue weighted by atomic mass is 10.1. The molecule has 3 aromatic rings. The maximum Gasteiger partial charge on any atom is 0.277 e. The van der Waals surface area contributed by atoms with Crippen LogP contribution in [-0.4, -0.2) is 11.1 Å². The Hall–Kier alpha value is -2.37. The number of hydrogen-bond donors (Lipinski definition) is 1. The molecule has 23 heavy (non-hydrogen) atoms. The van der Waals surface area contributed by atoms with Crippen molar-refractivity contribution in [1.29, 1.82) is 0 Å². The van der Waals surface area contributed by atoms with E-state index in [1.807, 2.05) is 0 Å². The van der Waals surface area contributed by atoms with Gasteiger partial charge >= 0.3 is 0 Å². The first-order valence-corrected chi connectivity index (χ1v) is 7.27. The summed E-state index contributed by atoms with van der Waals surface area (Å²) in [4.78, 5) is 12.1. The van der Waals surface area contributed by atoms with Crippen LogP contribution in [0.5, 0.6) is 0 Å². The molecule has 0 unspecified atom stereocenters. The van der Waals surface area contributed by atoms with Gasteiger partial charge in [-0.05, 0) is 42.5 Å². The molecular weight excluding hydrogens is 342 g/mol. The predicted octanol–water partition coefficient (Wildman–Crippen LogP) is 5.04. The smallest absolute Gasteiger partial charge is 0.277 e. The third kappa shape index (κ3) is 3.52. The third-order valence-electron chi connectivity index (χ3n) is 3.05. The van der Waals surface area contributed by atoms with Crippen LogP contribution in [0.3, 0.4) is 0 Å². The number of amides is 1. The van der Waals surface area contributed by atoms with Crippen LogP contribution in [0.15, 0.2) is 53.1 Å². The van der Waals surface area contributed by atoms with Gasteiger partial charge in [0.15, 0.2) is 11.5 Å². The summed E-state index contributed by atoms with van der Waals surface area (Å²) >= 11 is 11.5. The van der Waals surface area contributed by atoms with Gasteiger partial charge in [0.1, 0.15) is 5.82 Å². The number of hydrogen-bond acceptors (Lipinski definition) is 3. The summed E-state index contributed by atoms with van der Waals surface area (Å²) in [5, 5.41) is 6.81. The van der Waals surface area contributed by atoms with E-state index >= 15 is 0 Å². The second kappa shape index (κ2) is 6.40. The highest BCUT2D eigenvalue weighted by atomic mass is 35.5. The molecule has 3 rings (SSSR count). The van der Waals surface area contributed by atoms with Crippen molar-refractivity contribution in [3.05, 3.63) is 70.1 Å². The molecule has 0 aliphatic carbocycles. The summed E-state index contributed by atoms with van der Waals surface area (Å²) in [5.41, 5.74) is 1.19. The number of benzene rings is 2. The largest absolute Gasteiger partial charge is 0.355 e. The average Bonchev–Trinajstić information content (AvgIpc) is 3.02. The molecule has 0 saturated heterocycles. The second-order valence-electron chi connectivity index (χ2n) is 4.67. The zero-order chi connectivity index (χ0) is 16.4. The Morgan fingerprint density at radius 3 is 2.52 bits per heavy atom. The SMILES string of the molecule is O=C(Nc1ccc(F)c(Cl)c1)c1cc(-c2ccc(Cl)cc2)on1. The van der Waals surface area contributed by atoms with Gasteiger partial charge in [0.2, 0.25) is 0 Å². The Morgan fingerprint density at radius 1 is 1.09 bits per heavy atom. The van der Waals surface area contributed by atoms with Crippen molar-refractivity contribution in [1.82, 2.24) is 5.16 Å². The van der Waals surface area contributed by atoms with Crippen molar-refractivity contribution in [2.45, 2.75) is 0 Å². The molecule has 0 fully saturated rings. The number of halogens is 3. The van der Waals surface area contributed by atoms with Gasteiger partial charge in [-0.2, -0.15) is 0 Å². The molecule has 7 heteroatoms. The molecule has 1 N–H and O–H groups in total. The molecule has 2 aromatic carbocycles. The van der Waals surface area contributed by atoms with E-state index in [1.165, 1.54) is 24.3 Å². The lowest BCUT2D eigenvalue weighted by Crippen LogP contribution is -2.12. The van der Waals surface area contributed by atoms with Gasteiger partial charge in [0, 0.05) is 22.3 Å². The minimum atomic E-state index is -0.559. The molecule has 0 spiro atoms. The van der Waals surface area contributed by atoms with Crippen molar-refractivity contribution in [2.24, 2.45) is 0 Å². The van der Waals surface area contributed by atoms with Crippen molar-refractivity contribution < 1.29 is 13.7 Å². The molecule has 0 aliphatic rings. The highest BCUT2D eigenvalue weighted by Gasteiger charge is 2.14. The number of rotatable bonds is 3. The first-order chi connectivity index (χ1) is 11.0. The molecule has 0 bridgehead atoms. The minimum absolute atomic E-state index is 0.0789. The van der Waals surface area contributed by atoms with Crippen molar-refractivity contribution in [3.8, 4) is 11.3 Å². The van der Waals surface area contributed by atoms with E-state index in [0.29, 0.717) is 16.5 Å². The first-order valence-electron chi connectivity index (χ1n) is 6.52. The summed E-state index contributed by atoms with van der Waals surface area (Å²) in [6.45, 7) is 0. The van der Waals surface area contributed by atoms with Gasteiger partial charge in [0.25, 0.3) is 5.91 Å². The van der Waals surface area contributed by atoms with E-state index in [0.717, 1.165) is 5.56 Å². The highest BCUT2D eigenvalue weighted by Crippen LogP contribution is 2.23. The van der Waals surface area contributed by atoms with Gasteiger partial charge < -0.3 is 9.84 Å². The molecule has 0 radical (unpaired) electrons. The number of nitrogens with one attached hydrogen (secondary N) is 1. The Kier molecular flexibility index (Phi) is 4.32. The summed E-state index contributed by atoms with van der Waals surface area (Å²) in [6.07, 6.45) is 0.